The second-order valence-electron chi connectivity index (χ2n) is 7.24. The molecule has 0 N–H and O–H groups in total. The van der Waals surface area contributed by atoms with Crippen molar-refractivity contribution in [2.75, 3.05) is 13.2 Å². The molecule has 1 saturated carbocycles. The molecule has 0 atom stereocenters. The molecule has 1 aliphatic carbocycles. The van der Waals surface area contributed by atoms with E-state index in [9.17, 15) is 9.59 Å². The van der Waals surface area contributed by atoms with Crippen molar-refractivity contribution >= 4 is 23.5 Å². The van der Waals surface area contributed by atoms with Crippen LogP contribution >= 0.6 is 11.6 Å². The Bertz CT molecular complexity index is 683. The fraction of sp³-hybridized carbons (Fsp3) is 0.619. The van der Waals surface area contributed by atoms with Gasteiger partial charge in [0, 0.05) is 30.1 Å². The van der Waals surface area contributed by atoms with E-state index in [1.165, 1.54) is 25.7 Å². The molecule has 1 heterocycles. The zero-order valence-electron chi connectivity index (χ0n) is 16.0. The number of carbonyl (C=O) groups is 2. The Kier molecular flexibility index (Phi) is 7.00. The number of carbonyl (C=O) groups excluding carboxylic acids is 2. The van der Waals surface area contributed by atoms with Crippen molar-refractivity contribution in [3.05, 3.63) is 28.3 Å². The quantitative estimate of drug-likeness (QED) is 0.381. The molecular weight excluding hydrogens is 366 g/mol. The van der Waals surface area contributed by atoms with E-state index >= 15 is 0 Å². The average Bonchev–Trinajstić information content (AvgIpc) is 2.84. The fourth-order valence-electron chi connectivity index (χ4n) is 3.96. The molecule has 0 bridgehead atoms. The first-order valence-electron chi connectivity index (χ1n) is 10.0. The van der Waals surface area contributed by atoms with Gasteiger partial charge in [-0.2, -0.15) is 0 Å². The van der Waals surface area contributed by atoms with Gasteiger partial charge in [0.05, 0.1) is 18.2 Å². The summed E-state index contributed by atoms with van der Waals surface area (Å²) >= 11 is 6.55. The summed E-state index contributed by atoms with van der Waals surface area (Å²) in [6, 6.07) is 3.90. The minimum Gasteiger partial charge on any atom is -0.492 e. The molecule has 27 heavy (non-hydrogen) atoms. The molecule has 3 rings (SSSR count). The third-order valence-corrected chi connectivity index (χ3v) is 5.80. The van der Waals surface area contributed by atoms with Gasteiger partial charge in [-0.15, -0.1) is 0 Å². The van der Waals surface area contributed by atoms with Crippen LogP contribution in [0.3, 0.4) is 0 Å². The minimum atomic E-state index is -0.217. The summed E-state index contributed by atoms with van der Waals surface area (Å²) in [5.74, 6) is 0.452. The van der Waals surface area contributed by atoms with Gasteiger partial charge in [-0.3, -0.25) is 9.59 Å². The van der Waals surface area contributed by atoms with E-state index < -0.39 is 0 Å². The highest BCUT2D eigenvalue weighted by Crippen LogP contribution is 2.38. The summed E-state index contributed by atoms with van der Waals surface area (Å²) < 4.78 is 10.7. The van der Waals surface area contributed by atoms with E-state index in [1.807, 2.05) is 11.0 Å². The molecule has 5 nitrogen and oxygen atoms in total. The highest BCUT2D eigenvalue weighted by atomic mass is 35.5. The van der Waals surface area contributed by atoms with Gasteiger partial charge in [0.25, 0.3) is 5.91 Å². The van der Waals surface area contributed by atoms with Crippen LogP contribution in [-0.2, 0) is 16.1 Å². The number of benzene rings is 1. The maximum atomic E-state index is 12.8. The van der Waals surface area contributed by atoms with Gasteiger partial charge in [0.2, 0.25) is 0 Å². The molecule has 0 aromatic heterocycles. The van der Waals surface area contributed by atoms with E-state index in [0.717, 1.165) is 18.4 Å². The fourth-order valence-corrected chi connectivity index (χ4v) is 4.24. The monoisotopic (exact) mass is 393 g/mol. The standard InChI is InChI=1S/C21H28ClNO4/c1-2-26-19(24)10-7-13-27-18-12-11-16-17(20(18)22)14-23(21(16)25)15-8-5-3-4-6-9-15/h11-12,15H,2-10,13-14H2,1H3. The minimum absolute atomic E-state index is 0.0904. The largest absolute Gasteiger partial charge is 0.492 e. The number of hydrogen-bond donors (Lipinski definition) is 0. The lowest BCUT2D eigenvalue weighted by Gasteiger charge is -2.26. The predicted octanol–water partition coefficient (Wildman–Crippen LogP) is 4.74. The summed E-state index contributed by atoms with van der Waals surface area (Å²) in [5, 5.41) is 0.521. The third kappa shape index (κ3) is 4.75. The van der Waals surface area contributed by atoms with Crippen LogP contribution in [0.15, 0.2) is 12.1 Å². The van der Waals surface area contributed by atoms with Crippen molar-refractivity contribution in [2.24, 2.45) is 0 Å². The summed E-state index contributed by atoms with van der Waals surface area (Å²) in [6.45, 7) is 3.13. The molecule has 148 valence electrons. The van der Waals surface area contributed by atoms with Gasteiger partial charge in [0.1, 0.15) is 5.75 Å². The molecule has 2 aliphatic rings. The SMILES string of the molecule is CCOC(=O)CCCOc1ccc2c(c1Cl)CN(C1CCCCCC1)C2=O. The molecule has 0 radical (unpaired) electrons. The molecule has 1 fully saturated rings. The Hall–Kier alpha value is -1.75. The summed E-state index contributed by atoms with van der Waals surface area (Å²) in [7, 11) is 0. The second-order valence-corrected chi connectivity index (χ2v) is 7.62. The lowest BCUT2D eigenvalue weighted by Crippen LogP contribution is -2.35. The number of nitrogens with zero attached hydrogens (tertiary/aromatic N) is 1. The summed E-state index contributed by atoms with van der Waals surface area (Å²) in [6.07, 6.45) is 7.94. The van der Waals surface area contributed by atoms with Crippen molar-refractivity contribution in [3.63, 3.8) is 0 Å². The maximum Gasteiger partial charge on any atom is 0.305 e. The Morgan fingerprint density at radius 3 is 2.67 bits per heavy atom. The van der Waals surface area contributed by atoms with Crippen molar-refractivity contribution in [1.82, 2.24) is 4.90 Å². The Morgan fingerprint density at radius 2 is 1.96 bits per heavy atom. The number of hydrogen-bond acceptors (Lipinski definition) is 4. The normalized spacial score (nSPS) is 17.6. The zero-order valence-corrected chi connectivity index (χ0v) is 16.7. The van der Waals surface area contributed by atoms with E-state index in [-0.39, 0.29) is 11.9 Å². The van der Waals surface area contributed by atoms with Gasteiger partial charge in [-0.05, 0) is 38.3 Å². The van der Waals surface area contributed by atoms with E-state index in [0.29, 0.717) is 55.0 Å². The number of halogens is 1. The number of ether oxygens (including phenoxy) is 2. The van der Waals surface area contributed by atoms with Crippen LogP contribution in [0.2, 0.25) is 5.02 Å². The van der Waals surface area contributed by atoms with Crippen LogP contribution in [0.4, 0.5) is 0 Å². The zero-order chi connectivity index (χ0) is 19.2. The number of fused-ring (bicyclic) bond motifs is 1. The van der Waals surface area contributed by atoms with Crippen LogP contribution in [0.1, 0.15) is 74.2 Å². The van der Waals surface area contributed by atoms with Gasteiger partial charge in [0.15, 0.2) is 0 Å². The first-order valence-corrected chi connectivity index (χ1v) is 10.4. The van der Waals surface area contributed by atoms with Gasteiger partial charge in [-0.25, -0.2) is 0 Å². The summed E-state index contributed by atoms with van der Waals surface area (Å²) in [5.41, 5.74) is 1.57. The van der Waals surface area contributed by atoms with E-state index in [2.05, 4.69) is 0 Å². The Labute approximate surface area is 166 Å². The second kappa shape index (κ2) is 9.45. The topological polar surface area (TPSA) is 55.8 Å². The third-order valence-electron chi connectivity index (χ3n) is 5.38. The Morgan fingerprint density at radius 1 is 1.22 bits per heavy atom. The molecule has 6 heteroatoms. The first-order chi connectivity index (χ1) is 13.1. The van der Waals surface area contributed by atoms with Gasteiger partial charge >= 0.3 is 5.97 Å². The first kappa shape index (κ1) is 20.0. The molecule has 0 saturated heterocycles. The molecule has 1 aromatic rings. The molecule has 1 amide bonds. The smallest absolute Gasteiger partial charge is 0.305 e. The van der Waals surface area contributed by atoms with Crippen LogP contribution in [0, 0.1) is 0 Å². The highest BCUT2D eigenvalue weighted by molar-refractivity contribution is 6.33. The molecule has 0 unspecified atom stereocenters. The van der Waals surface area contributed by atoms with Crippen molar-refractivity contribution < 1.29 is 19.1 Å². The Balaban J connectivity index is 1.61. The number of rotatable bonds is 7. The van der Waals surface area contributed by atoms with Crippen LogP contribution in [0.25, 0.3) is 0 Å². The molecular formula is C21H28ClNO4. The number of amides is 1. The lowest BCUT2D eigenvalue weighted by molar-refractivity contribution is -0.143. The predicted molar refractivity (Wildman–Crippen MR) is 104 cm³/mol. The molecule has 0 spiro atoms. The lowest BCUT2D eigenvalue weighted by atomic mass is 10.1. The average molecular weight is 394 g/mol. The van der Waals surface area contributed by atoms with E-state index in [4.69, 9.17) is 21.1 Å². The molecule has 1 aromatic carbocycles. The van der Waals surface area contributed by atoms with Crippen LogP contribution in [-0.4, -0.2) is 36.0 Å². The van der Waals surface area contributed by atoms with Gasteiger partial charge in [-0.1, -0.05) is 37.3 Å². The van der Waals surface area contributed by atoms with Crippen molar-refractivity contribution in [2.45, 2.75) is 70.9 Å². The van der Waals surface area contributed by atoms with Crippen molar-refractivity contribution in [1.29, 1.82) is 0 Å². The van der Waals surface area contributed by atoms with Crippen LogP contribution in [0.5, 0.6) is 5.75 Å². The van der Waals surface area contributed by atoms with E-state index in [1.54, 1.807) is 13.0 Å². The summed E-state index contributed by atoms with van der Waals surface area (Å²) in [4.78, 5) is 26.2. The highest BCUT2D eigenvalue weighted by Gasteiger charge is 2.35. The molecule has 1 aliphatic heterocycles. The number of esters is 1. The van der Waals surface area contributed by atoms with Gasteiger partial charge < -0.3 is 14.4 Å². The van der Waals surface area contributed by atoms with Crippen molar-refractivity contribution in [3.8, 4) is 5.75 Å². The maximum absolute atomic E-state index is 12.8. The van der Waals surface area contributed by atoms with Crippen LogP contribution < -0.4 is 4.74 Å².